The number of ether oxygens (including phenoxy) is 2. The van der Waals surface area contributed by atoms with Crippen molar-refractivity contribution in [3.63, 3.8) is 0 Å². The first-order valence-corrected chi connectivity index (χ1v) is 18.1. The minimum absolute atomic E-state index is 0.136. The minimum atomic E-state index is -0.550. The number of hydrogen-bond donors (Lipinski definition) is 2. The van der Waals surface area contributed by atoms with Gasteiger partial charge in [0.15, 0.2) is 0 Å². The fourth-order valence-corrected chi connectivity index (χ4v) is 7.16. The van der Waals surface area contributed by atoms with Gasteiger partial charge in [0.25, 0.3) is 0 Å². The molecule has 11 heteroatoms. The second kappa shape index (κ2) is 13.6. The Morgan fingerprint density at radius 1 is 0.706 bits per heavy atom. The van der Waals surface area contributed by atoms with E-state index in [1.165, 1.54) is 0 Å². The van der Waals surface area contributed by atoms with Gasteiger partial charge in [-0.3, -0.25) is 9.80 Å². The summed E-state index contributed by atoms with van der Waals surface area (Å²) >= 11 is 0. The van der Waals surface area contributed by atoms with Crippen LogP contribution in [0.4, 0.5) is 15.3 Å². The molecule has 5 aromatic rings. The first-order chi connectivity index (χ1) is 24.3. The SMILES string of the molecule is CC(C)(C)OC(=O)N1CCCC1c1nc2ccc(CN(Cc3ccc4nc(C5CCCN5C(=O)OC(C)(C)C)[nH]c4c3)c3ccccc3)cc2[nH]1. The molecule has 2 aromatic heterocycles. The molecule has 0 spiro atoms. The van der Waals surface area contributed by atoms with Crippen molar-refractivity contribution in [3.05, 3.63) is 89.5 Å². The highest BCUT2D eigenvalue weighted by Crippen LogP contribution is 2.35. The zero-order valence-corrected chi connectivity index (χ0v) is 30.5. The summed E-state index contributed by atoms with van der Waals surface area (Å²) in [5, 5.41) is 0. The molecule has 51 heavy (non-hydrogen) atoms. The third-order valence-electron chi connectivity index (χ3n) is 9.39. The zero-order valence-electron chi connectivity index (χ0n) is 30.5. The Hall–Kier alpha value is -5.06. The monoisotopic (exact) mass is 691 g/mol. The average molecular weight is 692 g/mol. The molecule has 3 aromatic carbocycles. The number of likely N-dealkylation sites (tertiary alicyclic amines) is 2. The number of nitrogens with zero attached hydrogens (tertiary/aromatic N) is 5. The van der Waals surface area contributed by atoms with Crippen molar-refractivity contribution in [2.75, 3.05) is 18.0 Å². The summed E-state index contributed by atoms with van der Waals surface area (Å²) in [6, 6.07) is 22.9. The number of H-pyrrole nitrogens is 2. The van der Waals surface area contributed by atoms with Gasteiger partial charge in [-0.05, 0) is 115 Å². The van der Waals surface area contributed by atoms with E-state index in [2.05, 4.69) is 75.5 Å². The van der Waals surface area contributed by atoms with E-state index in [1.807, 2.05) is 47.6 Å². The van der Waals surface area contributed by atoms with Gasteiger partial charge in [-0.15, -0.1) is 0 Å². The molecule has 2 amide bonds. The van der Waals surface area contributed by atoms with E-state index < -0.39 is 11.2 Å². The van der Waals surface area contributed by atoms with Crippen LogP contribution in [0.15, 0.2) is 66.7 Å². The van der Waals surface area contributed by atoms with Crippen LogP contribution in [0.2, 0.25) is 0 Å². The third kappa shape index (κ3) is 7.82. The van der Waals surface area contributed by atoms with Gasteiger partial charge in [-0.2, -0.15) is 0 Å². The van der Waals surface area contributed by atoms with Crippen molar-refractivity contribution in [3.8, 4) is 0 Å². The summed E-state index contributed by atoms with van der Waals surface area (Å²) < 4.78 is 11.4. The largest absolute Gasteiger partial charge is 0.444 e. The summed E-state index contributed by atoms with van der Waals surface area (Å²) in [7, 11) is 0. The molecular formula is C40H49N7O4. The Morgan fingerprint density at radius 2 is 1.16 bits per heavy atom. The zero-order chi connectivity index (χ0) is 35.9. The lowest BCUT2D eigenvalue weighted by atomic mass is 10.1. The molecule has 2 aliphatic heterocycles. The molecule has 0 saturated carbocycles. The number of para-hydroxylation sites is 1. The fraction of sp³-hybridized carbons (Fsp3) is 0.450. The van der Waals surface area contributed by atoms with Gasteiger partial charge in [-0.25, -0.2) is 19.6 Å². The number of nitrogens with one attached hydrogen (secondary N) is 2. The van der Waals surface area contributed by atoms with Crippen molar-refractivity contribution in [1.29, 1.82) is 0 Å². The van der Waals surface area contributed by atoms with Crippen LogP contribution in [0.3, 0.4) is 0 Å². The highest BCUT2D eigenvalue weighted by Gasteiger charge is 2.36. The third-order valence-corrected chi connectivity index (χ3v) is 9.39. The molecule has 0 aliphatic carbocycles. The predicted octanol–water partition coefficient (Wildman–Crippen LogP) is 8.79. The molecule has 2 aliphatic rings. The van der Waals surface area contributed by atoms with Gasteiger partial charge >= 0.3 is 12.2 Å². The summed E-state index contributed by atoms with van der Waals surface area (Å²) in [4.78, 5) is 48.8. The van der Waals surface area contributed by atoms with E-state index >= 15 is 0 Å². The quantitative estimate of drug-likeness (QED) is 0.175. The predicted molar refractivity (Wildman–Crippen MR) is 198 cm³/mol. The normalized spacial score (nSPS) is 18.2. The molecule has 2 fully saturated rings. The van der Waals surface area contributed by atoms with Crippen LogP contribution in [-0.4, -0.2) is 66.2 Å². The Labute approximate surface area is 299 Å². The second-order valence-corrected chi connectivity index (χ2v) is 15.8. The average Bonchev–Trinajstić information content (AvgIpc) is 3.88. The fourth-order valence-electron chi connectivity index (χ4n) is 7.16. The summed E-state index contributed by atoms with van der Waals surface area (Å²) in [5.41, 5.74) is 5.96. The number of rotatable bonds is 7. The number of amides is 2. The molecule has 7 rings (SSSR count). The van der Waals surface area contributed by atoms with E-state index in [0.717, 1.165) is 76.2 Å². The highest BCUT2D eigenvalue weighted by atomic mass is 16.6. The Kier molecular flexibility index (Phi) is 9.16. The summed E-state index contributed by atoms with van der Waals surface area (Å²) in [6.45, 7) is 14.0. The van der Waals surface area contributed by atoms with Crippen molar-refractivity contribution >= 4 is 39.9 Å². The van der Waals surface area contributed by atoms with Gasteiger partial charge in [-0.1, -0.05) is 30.3 Å². The molecule has 2 N–H and O–H groups in total. The van der Waals surface area contributed by atoms with Gasteiger partial charge in [0.1, 0.15) is 22.9 Å². The molecule has 268 valence electrons. The number of hydrogen-bond acceptors (Lipinski definition) is 7. The number of anilines is 1. The van der Waals surface area contributed by atoms with Gasteiger partial charge < -0.3 is 24.3 Å². The smallest absolute Gasteiger partial charge is 0.410 e. The number of carbonyl (C=O) groups is 2. The van der Waals surface area contributed by atoms with Gasteiger partial charge in [0.2, 0.25) is 0 Å². The summed E-state index contributed by atoms with van der Waals surface area (Å²) in [6.07, 6.45) is 2.92. The van der Waals surface area contributed by atoms with Crippen LogP contribution in [0.5, 0.6) is 0 Å². The lowest BCUT2D eigenvalue weighted by Crippen LogP contribution is -2.36. The van der Waals surface area contributed by atoms with E-state index in [4.69, 9.17) is 19.4 Å². The van der Waals surface area contributed by atoms with Crippen LogP contribution in [-0.2, 0) is 22.6 Å². The second-order valence-electron chi connectivity index (χ2n) is 15.8. The molecule has 2 unspecified atom stereocenters. The molecule has 2 saturated heterocycles. The van der Waals surface area contributed by atoms with Gasteiger partial charge in [0.05, 0.1) is 34.2 Å². The van der Waals surface area contributed by atoms with Crippen LogP contribution in [0.25, 0.3) is 22.1 Å². The van der Waals surface area contributed by atoms with Crippen molar-refractivity contribution in [2.45, 2.75) is 104 Å². The Bertz CT molecular complexity index is 1900. The molecule has 4 heterocycles. The van der Waals surface area contributed by atoms with E-state index in [9.17, 15) is 9.59 Å². The number of aromatic nitrogens is 4. The Balaban J connectivity index is 1.10. The maximum Gasteiger partial charge on any atom is 0.410 e. The molecular weight excluding hydrogens is 642 g/mol. The number of benzene rings is 3. The first kappa shape index (κ1) is 34.4. The van der Waals surface area contributed by atoms with E-state index in [0.29, 0.717) is 26.2 Å². The lowest BCUT2D eigenvalue weighted by Gasteiger charge is -2.27. The lowest BCUT2D eigenvalue weighted by molar-refractivity contribution is 0.0208. The van der Waals surface area contributed by atoms with E-state index in [-0.39, 0.29) is 24.3 Å². The van der Waals surface area contributed by atoms with Crippen molar-refractivity contribution < 1.29 is 19.1 Å². The maximum absolute atomic E-state index is 13.0. The molecule has 0 radical (unpaired) electrons. The molecule has 2 atom stereocenters. The highest BCUT2D eigenvalue weighted by molar-refractivity contribution is 5.78. The topological polar surface area (TPSA) is 120 Å². The van der Waals surface area contributed by atoms with Crippen molar-refractivity contribution in [1.82, 2.24) is 29.7 Å². The Morgan fingerprint density at radius 3 is 1.59 bits per heavy atom. The van der Waals surface area contributed by atoms with Crippen LogP contribution >= 0.6 is 0 Å². The standard InChI is InChI=1S/C40H49N7O4/c1-39(2,3)50-37(48)46-20-10-14-33(46)35-41-29-18-16-26(22-31(29)43-35)24-45(28-12-8-7-9-13-28)25-27-17-19-30-32(23-27)44-36(42-30)34-15-11-21-47(34)38(49)51-40(4,5)6/h7-9,12-13,16-19,22-23,33-34H,10-11,14-15,20-21,24-25H2,1-6H3,(H,41,43)(H,42,44). The van der Waals surface area contributed by atoms with Crippen LogP contribution < -0.4 is 4.90 Å². The summed E-state index contributed by atoms with van der Waals surface area (Å²) in [5.74, 6) is 1.59. The first-order valence-electron chi connectivity index (χ1n) is 18.1. The number of carbonyl (C=O) groups excluding carboxylic acids is 2. The minimum Gasteiger partial charge on any atom is -0.444 e. The molecule has 0 bridgehead atoms. The number of fused-ring (bicyclic) bond motifs is 2. The maximum atomic E-state index is 13.0. The van der Waals surface area contributed by atoms with Gasteiger partial charge in [0, 0.05) is 31.9 Å². The van der Waals surface area contributed by atoms with Crippen LogP contribution in [0, 0.1) is 0 Å². The van der Waals surface area contributed by atoms with Crippen LogP contribution in [0.1, 0.15) is 102 Å². The number of imidazole rings is 2. The number of aromatic amines is 2. The molecule has 11 nitrogen and oxygen atoms in total. The van der Waals surface area contributed by atoms with Crippen molar-refractivity contribution in [2.24, 2.45) is 0 Å². The van der Waals surface area contributed by atoms with E-state index in [1.54, 1.807) is 9.80 Å².